The van der Waals surface area contributed by atoms with Crippen molar-refractivity contribution in [1.29, 1.82) is 0 Å². The number of ketones is 1. The van der Waals surface area contributed by atoms with E-state index < -0.39 is 12.2 Å². The smallest absolute Gasteiger partial charge is 0.414 e. The van der Waals surface area contributed by atoms with Crippen molar-refractivity contribution in [3.63, 3.8) is 0 Å². The van der Waals surface area contributed by atoms with Crippen molar-refractivity contribution >= 4 is 29.5 Å². The van der Waals surface area contributed by atoms with Crippen molar-refractivity contribution < 1.29 is 23.9 Å². The van der Waals surface area contributed by atoms with Crippen LogP contribution in [0.2, 0.25) is 0 Å². The first-order chi connectivity index (χ1) is 17.3. The zero-order chi connectivity index (χ0) is 25.7. The Hall–Kier alpha value is -3.65. The van der Waals surface area contributed by atoms with Crippen LogP contribution >= 0.6 is 0 Å². The van der Waals surface area contributed by atoms with Gasteiger partial charge in [-0.3, -0.25) is 14.5 Å². The second-order valence-corrected chi connectivity index (χ2v) is 9.47. The van der Waals surface area contributed by atoms with E-state index in [1.165, 1.54) is 6.92 Å². The first-order valence-corrected chi connectivity index (χ1v) is 12.3. The molecule has 2 aromatic rings. The fourth-order valence-corrected chi connectivity index (χ4v) is 4.37. The maximum absolute atomic E-state index is 13.4. The lowest BCUT2D eigenvalue weighted by Gasteiger charge is -2.16. The van der Waals surface area contributed by atoms with Crippen molar-refractivity contribution in [3.8, 4) is 5.75 Å². The minimum absolute atomic E-state index is 0.0212. The molecule has 1 saturated heterocycles. The number of aryl methyl sites for hydroxylation is 1. The molecule has 0 radical (unpaired) electrons. The SMILES string of the molecule is CC(=O)NC[C@H]1CN(c2ccc3c(c2)CCC/C(=C\c2ccc(OCCN(C)C)cc2)C3=O)C(=O)O1. The van der Waals surface area contributed by atoms with Crippen molar-refractivity contribution in [2.75, 3.05) is 45.2 Å². The Labute approximate surface area is 211 Å². The molecular formula is C28H33N3O5. The van der Waals surface area contributed by atoms with E-state index in [-0.39, 0.29) is 18.2 Å². The number of amides is 2. The highest BCUT2D eigenvalue weighted by molar-refractivity contribution is 6.12. The lowest BCUT2D eigenvalue weighted by Crippen LogP contribution is -2.33. The molecular weight excluding hydrogens is 458 g/mol. The number of Topliss-reactive ketones (excluding diaryl/α,β-unsaturated/α-hetero) is 1. The molecule has 1 heterocycles. The van der Waals surface area contributed by atoms with Crippen LogP contribution in [0.25, 0.3) is 6.08 Å². The Balaban J connectivity index is 1.45. The third-order valence-electron chi connectivity index (χ3n) is 6.31. The van der Waals surface area contributed by atoms with Crippen molar-refractivity contribution in [2.45, 2.75) is 32.3 Å². The summed E-state index contributed by atoms with van der Waals surface area (Å²) >= 11 is 0. The molecule has 4 rings (SSSR count). The van der Waals surface area contributed by atoms with Crippen LogP contribution in [-0.4, -0.2) is 69.1 Å². The van der Waals surface area contributed by atoms with Gasteiger partial charge in [-0.15, -0.1) is 0 Å². The maximum Gasteiger partial charge on any atom is 0.414 e. The number of anilines is 1. The number of rotatable bonds is 8. The van der Waals surface area contributed by atoms with E-state index in [2.05, 4.69) is 10.2 Å². The van der Waals surface area contributed by atoms with Crippen LogP contribution in [0.3, 0.4) is 0 Å². The molecule has 0 saturated carbocycles. The number of benzene rings is 2. The number of nitrogens with one attached hydrogen (secondary N) is 1. The highest BCUT2D eigenvalue weighted by atomic mass is 16.6. The molecule has 0 unspecified atom stereocenters. The van der Waals surface area contributed by atoms with Crippen LogP contribution < -0.4 is 15.0 Å². The van der Waals surface area contributed by atoms with Gasteiger partial charge in [-0.25, -0.2) is 4.79 Å². The third-order valence-corrected chi connectivity index (χ3v) is 6.31. The number of fused-ring (bicyclic) bond motifs is 1. The molecule has 0 spiro atoms. The molecule has 2 aliphatic rings. The van der Waals surface area contributed by atoms with E-state index in [4.69, 9.17) is 9.47 Å². The van der Waals surface area contributed by atoms with Crippen molar-refractivity contribution in [2.24, 2.45) is 0 Å². The molecule has 0 bridgehead atoms. The Morgan fingerprint density at radius 1 is 1.17 bits per heavy atom. The van der Waals surface area contributed by atoms with Crippen LogP contribution in [0.5, 0.6) is 5.75 Å². The van der Waals surface area contributed by atoms with Crippen LogP contribution in [0, 0.1) is 0 Å². The van der Waals surface area contributed by atoms with Gasteiger partial charge in [-0.1, -0.05) is 12.1 Å². The Morgan fingerprint density at radius 3 is 2.67 bits per heavy atom. The zero-order valence-corrected chi connectivity index (χ0v) is 21.1. The summed E-state index contributed by atoms with van der Waals surface area (Å²) in [6.45, 7) is 3.52. The number of carbonyl (C=O) groups is 3. The van der Waals surface area contributed by atoms with E-state index in [1.807, 2.05) is 56.6 Å². The second kappa shape index (κ2) is 11.4. The van der Waals surface area contributed by atoms with Gasteiger partial charge in [0.15, 0.2) is 5.78 Å². The Kier molecular flexibility index (Phi) is 8.05. The Morgan fingerprint density at radius 2 is 1.94 bits per heavy atom. The summed E-state index contributed by atoms with van der Waals surface area (Å²) in [5.74, 6) is 0.665. The number of ether oxygens (including phenoxy) is 2. The lowest BCUT2D eigenvalue weighted by atomic mass is 9.97. The second-order valence-electron chi connectivity index (χ2n) is 9.47. The van der Waals surface area contributed by atoms with Crippen molar-refractivity contribution in [3.05, 3.63) is 64.7 Å². The average Bonchev–Trinajstić information content (AvgIpc) is 3.15. The van der Waals surface area contributed by atoms with Gasteiger partial charge >= 0.3 is 6.09 Å². The third kappa shape index (κ3) is 6.31. The number of cyclic esters (lactones) is 1. The molecule has 1 atom stereocenters. The Bertz CT molecular complexity index is 1160. The van der Waals surface area contributed by atoms with E-state index in [0.717, 1.165) is 41.8 Å². The highest BCUT2D eigenvalue weighted by Crippen LogP contribution is 2.31. The summed E-state index contributed by atoms with van der Waals surface area (Å²) in [7, 11) is 4.01. The van der Waals surface area contributed by atoms with Gasteiger partial charge in [0.1, 0.15) is 18.5 Å². The molecule has 8 heteroatoms. The van der Waals surface area contributed by atoms with Gasteiger partial charge < -0.3 is 19.7 Å². The van der Waals surface area contributed by atoms with Crippen LogP contribution in [0.15, 0.2) is 48.0 Å². The quantitative estimate of drug-likeness (QED) is 0.448. The predicted molar refractivity (Wildman–Crippen MR) is 138 cm³/mol. The van der Waals surface area contributed by atoms with Crippen molar-refractivity contribution in [1.82, 2.24) is 10.2 Å². The van der Waals surface area contributed by atoms with Gasteiger partial charge in [0.25, 0.3) is 0 Å². The van der Waals surface area contributed by atoms with E-state index in [1.54, 1.807) is 11.0 Å². The van der Waals surface area contributed by atoms with Crippen LogP contribution in [0.1, 0.15) is 41.3 Å². The van der Waals surface area contributed by atoms with Gasteiger partial charge in [-0.2, -0.15) is 0 Å². The molecule has 1 fully saturated rings. The lowest BCUT2D eigenvalue weighted by molar-refractivity contribution is -0.119. The molecule has 36 heavy (non-hydrogen) atoms. The molecule has 0 aromatic heterocycles. The molecule has 1 aliphatic heterocycles. The minimum atomic E-state index is -0.444. The summed E-state index contributed by atoms with van der Waals surface area (Å²) < 4.78 is 11.1. The maximum atomic E-state index is 13.4. The number of hydrogen-bond donors (Lipinski definition) is 1. The first-order valence-electron chi connectivity index (χ1n) is 12.3. The van der Waals surface area contributed by atoms with Gasteiger partial charge in [0, 0.05) is 30.3 Å². The predicted octanol–water partition coefficient (Wildman–Crippen LogP) is 3.69. The summed E-state index contributed by atoms with van der Waals surface area (Å²) in [5.41, 5.74) is 4.05. The van der Waals surface area contributed by atoms with Crippen LogP contribution in [0.4, 0.5) is 10.5 Å². The summed E-state index contributed by atoms with van der Waals surface area (Å²) in [4.78, 5) is 40.6. The van der Waals surface area contributed by atoms with E-state index in [0.29, 0.717) is 30.8 Å². The standard InChI is InChI=1S/C28H33N3O5/c1-19(32)29-17-25-18-31(28(34)36-25)23-9-12-26-21(16-23)5-4-6-22(27(26)33)15-20-7-10-24(11-8-20)35-14-13-30(2)3/h7-12,15-16,25H,4-6,13-14,17-18H2,1-3H3,(H,29,32)/b22-15+/t25-/m0/s1. The molecule has 2 amide bonds. The summed E-state index contributed by atoms with van der Waals surface area (Å²) in [5, 5.41) is 2.68. The summed E-state index contributed by atoms with van der Waals surface area (Å²) in [6, 6.07) is 13.3. The number of allylic oxidation sites excluding steroid dienone is 1. The van der Waals surface area contributed by atoms with Gasteiger partial charge in [0.05, 0.1) is 13.1 Å². The molecule has 2 aromatic carbocycles. The molecule has 8 nitrogen and oxygen atoms in total. The monoisotopic (exact) mass is 491 g/mol. The number of nitrogens with zero attached hydrogens (tertiary/aromatic N) is 2. The zero-order valence-electron chi connectivity index (χ0n) is 21.1. The topological polar surface area (TPSA) is 88.2 Å². The number of likely N-dealkylation sites (N-methyl/N-ethyl adjacent to an activating group) is 1. The number of carbonyl (C=O) groups excluding carboxylic acids is 3. The molecule has 190 valence electrons. The van der Waals surface area contributed by atoms with Gasteiger partial charge in [0.2, 0.25) is 5.91 Å². The molecule has 1 N–H and O–H groups in total. The minimum Gasteiger partial charge on any atom is -0.492 e. The molecule has 1 aliphatic carbocycles. The summed E-state index contributed by atoms with van der Waals surface area (Å²) in [6.07, 6.45) is 3.40. The van der Waals surface area contributed by atoms with E-state index in [9.17, 15) is 14.4 Å². The fourth-order valence-electron chi connectivity index (χ4n) is 4.37. The fraction of sp³-hybridized carbons (Fsp3) is 0.393. The first kappa shape index (κ1) is 25.4. The largest absolute Gasteiger partial charge is 0.492 e. The highest BCUT2D eigenvalue weighted by Gasteiger charge is 2.33. The van der Waals surface area contributed by atoms with Gasteiger partial charge in [-0.05, 0) is 80.9 Å². The average molecular weight is 492 g/mol. The van der Waals surface area contributed by atoms with Crippen LogP contribution in [-0.2, 0) is 16.0 Å². The normalized spacial score (nSPS) is 18.7. The number of hydrogen-bond acceptors (Lipinski definition) is 6. The van der Waals surface area contributed by atoms with E-state index >= 15 is 0 Å².